The Labute approximate surface area is 383 Å². The van der Waals surface area contributed by atoms with Crippen molar-refractivity contribution in [1.29, 1.82) is 0 Å². The fourth-order valence-corrected chi connectivity index (χ4v) is 9.31. The van der Waals surface area contributed by atoms with Gasteiger partial charge in [0.05, 0.1) is 18.8 Å². The van der Waals surface area contributed by atoms with Crippen LogP contribution in [0.5, 0.6) is 0 Å². The first kappa shape index (κ1) is 60.4. The van der Waals surface area contributed by atoms with Crippen LogP contribution >= 0.6 is 0 Å². The van der Waals surface area contributed by atoms with Gasteiger partial charge < -0.3 is 20.6 Å². The summed E-state index contributed by atoms with van der Waals surface area (Å²) in [5.74, 6) is -0.464. The summed E-state index contributed by atoms with van der Waals surface area (Å²) in [6, 6.07) is -0.705. The van der Waals surface area contributed by atoms with E-state index in [2.05, 4.69) is 19.2 Å². The summed E-state index contributed by atoms with van der Waals surface area (Å²) < 4.78 is 0. The summed E-state index contributed by atoms with van der Waals surface area (Å²) in [6.07, 6.45) is 63.2. The highest BCUT2D eigenvalue weighted by atomic mass is 16.3. The summed E-state index contributed by atoms with van der Waals surface area (Å²) in [5.41, 5.74) is 0. The zero-order chi connectivity index (χ0) is 44.4. The molecule has 5 nitrogen and oxygen atoms in total. The van der Waals surface area contributed by atoms with Crippen LogP contribution < -0.4 is 5.32 Å². The van der Waals surface area contributed by atoms with Gasteiger partial charge in [0.25, 0.3) is 0 Å². The molecule has 4 N–H and O–H groups in total. The quantitative estimate of drug-likeness (QED) is 0.0459. The van der Waals surface area contributed by atoms with Crippen molar-refractivity contribution in [1.82, 2.24) is 5.32 Å². The lowest BCUT2D eigenvalue weighted by Gasteiger charge is -2.23. The van der Waals surface area contributed by atoms with Gasteiger partial charge in [-0.1, -0.05) is 316 Å². The number of aliphatic hydroxyl groups is 3. The Morgan fingerprint density at radius 2 is 0.525 bits per heavy atom. The maximum atomic E-state index is 12.5. The van der Waals surface area contributed by atoms with E-state index in [0.29, 0.717) is 12.8 Å². The number of nitrogens with one attached hydrogen (secondary N) is 1. The normalized spacial score (nSPS) is 13.2. The van der Waals surface area contributed by atoms with Crippen molar-refractivity contribution in [2.24, 2.45) is 0 Å². The van der Waals surface area contributed by atoms with E-state index in [9.17, 15) is 20.1 Å². The molecule has 0 radical (unpaired) electrons. The van der Waals surface area contributed by atoms with Crippen molar-refractivity contribution in [3.63, 3.8) is 0 Å². The molecule has 0 bridgehead atoms. The number of carbonyl (C=O) groups excluding carboxylic acids is 1. The third kappa shape index (κ3) is 47.1. The Balaban J connectivity index is 3.38. The standard InChI is InChI=1S/C56H113NO4/c1-3-5-7-9-11-13-15-16-17-18-19-20-21-22-23-24-25-26-27-28-29-30-31-32-33-34-35-36-37-38-39-41-43-45-47-49-51-55(60)56(61)57-53(52-58)54(59)50-48-46-44-42-40-14-12-10-8-6-4-2/h53-55,58-60H,3-52H2,1-2H3,(H,57,61). The topological polar surface area (TPSA) is 89.8 Å². The lowest BCUT2D eigenvalue weighted by atomic mass is 10.0. The number of aliphatic hydroxyl groups excluding tert-OH is 3. The molecule has 0 aliphatic carbocycles. The molecule has 0 aromatic rings. The van der Waals surface area contributed by atoms with E-state index in [1.165, 1.54) is 270 Å². The van der Waals surface area contributed by atoms with Gasteiger partial charge in [0.15, 0.2) is 0 Å². The van der Waals surface area contributed by atoms with Gasteiger partial charge in [0.2, 0.25) is 5.91 Å². The minimum absolute atomic E-state index is 0.308. The minimum Gasteiger partial charge on any atom is -0.394 e. The molecular weight excluding hydrogens is 751 g/mol. The van der Waals surface area contributed by atoms with E-state index in [1.807, 2.05) is 0 Å². The Morgan fingerprint density at radius 1 is 0.328 bits per heavy atom. The molecule has 3 atom stereocenters. The van der Waals surface area contributed by atoms with Gasteiger partial charge in [-0.15, -0.1) is 0 Å². The van der Waals surface area contributed by atoms with Crippen LogP contribution in [-0.2, 0) is 4.79 Å². The van der Waals surface area contributed by atoms with E-state index in [0.717, 1.165) is 32.1 Å². The van der Waals surface area contributed by atoms with Crippen molar-refractivity contribution >= 4 is 5.91 Å². The fraction of sp³-hybridized carbons (Fsp3) is 0.982. The van der Waals surface area contributed by atoms with Crippen molar-refractivity contribution in [3.05, 3.63) is 0 Å². The van der Waals surface area contributed by atoms with Crippen LogP contribution in [0.3, 0.4) is 0 Å². The number of carbonyl (C=O) groups is 1. The van der Waals surface area contributed by atoms with Crippen molar-refractivity contribution < 1.29 is 20.1 Å². The molecule has 0 aliphatic rings. The monoisotopic (exact) mass is 864 g/mol. The molecule has 0 saturated heterocycles. The van der Waals surface area contributed by atoms with E-state index in [1.54, 1.807) is 0 Å². The average Bonchev–Trinajstić information content (AvgIpc) is 3.26. The van der Waals surface area contributed by atoms with Crippen molar-refractivity contribution in [2.75, 3.05) is 6.61 Å². The van der Waals surface area contributed by atoms with Crippen LogP contribution in [0.2, 0.25) is 0 Å². The fourth-order valence-electron chi connectivity index (χ4n) is 9.31. The maximum Gasteiger partial charge on any atom is 0.249 e. The van der Waals surface area contributed by atoms with Crippen LogP contribution in [0, 0.1) is 0 Å². The molecule has 0 saturated carbocycles. The predicted molar refractivity (Wildman–Crippen MR) is 269 cm³/mol. The van der Waals surface area contributed by atoms with Gasteiger partial charge in [-0.3, -0.25) is 4.79 Å². The highest BCUT2D eigenvalue weighted by Gasteiger charge is 2.23. The van der Waals surface area contributed by atoms with Crippen molar-refractivity contribution in [2.45, 2.75) is 347 Å². The first-order valence-corrected chi connectivity index (χ1v) is 28.3. The van der Waals surface area contributed by atoms with Crippen LogP contribution in [-0.4, -0.2) is 46.1 Å². The molecule has 61 heavy (non-hydrogen) atoms. The maximum absolute atomic E-state index is 12.5. The molecular formula is C56H113NO4. The summed E-state index contributed by atoms with van der Waals surface area (Å²) in [5, 5.41) is 33.4. The van der Waals surface area contributed by atoms with E-state index >= 15 is 0 Å². The predicted octanol–water partition coefficient (Wildman–Crippen LogP) is 17.3. The van der Waals surface area contributed by atoms with E-state index < -0.39 is 24.2 Å². The summed E-state index contributed by atoms with van der Waals surface area (Å²) >= 11 is 0. The Bertz CT molecular complexity index is 822. The largest absolute Gasteiger partial charge is 0.394 e. The molecule has 0 heterocycles. The average molecular weight is 865 g/mol. The third-order valence-corrected chi connectivity index (χ3v) is 13.7. The number of hydrogen-bond acceptors (Lipinski definition) is 4. The third-order valence-electron chi connectivity index (χ3n) is 13.7. The molecule has 0 spiro atoms. The number of hydrogen-bond donors (Lipinski definition) is 4. The number of amides is 1. The number of rotatable bonds is 53. The van der Waals surface area contributed by atoms with Crippen LogP contribution in [0.1, 0.15) is 328 Å². The molecule has 366 valence electrons. The Hall–Kier alpha value is -0.650. The molecule has 0 aromatic heterocycles. The minimum atomic E-state index is -1.07. The summed E-state index contributed by atoms with van der Waals surface area (Å²) in [4.78, 5) is 12.5. The smallest absolute Gasteiger partial charge is 0.249 e. The molecule has 3 unspecified atom stereocenters. The van der Waals surface area contributed by atoms with Gasteiger partial charge >= 0.3 is 0 Å². The SMILES string of the molecule is CCCCCCCCCCCCCCCCCCCCCCCCCCCCCCCCCCCCCCC(O)C(=O)NC(CO)C(O)CCCCCCCCCCCCC. The summed E-state index contributed by atoms with van der Waals surface area (Å²) in [6.45, 7) is 4.25. The van der Waals surface area contributed by atoms with E-state index in [4.69, 9.17) is 0 Å². The Morgan fingerprint density at radius 3 is 0.738 bits per heavy atom. The summed E-state index contributed by atoms with van der Waals surface area (Å²) in [7, 11) is 0. The lowest BCUT2D eigenvalue weighted by Crippen LogP contribution is -2.49. The Kier molecular flexibility index (Phi) is 51.4. The second-order valence-corrected chi connectivity index (χ2v) is 19.9. The second-order valence-electron chi connectivity index (χ2n) is 19.9. The van der Waals surface area contributed by atoms with Gasteiger partial charge in [0, 0.05) is 0 Å². The van der Waals surface area contributed by atoms with Crippen LogP contribution in [0.15, 0.2) is 0 Å². The first-order valence-electron chi connectivity index (χ1n) is 28.3. The molecule has 0 aliphatic heterocycles. The van der Waals surface area contributed by atoms with Crippen LogP contribution in [0.4, 0.5) is 0 Å². The van der Waals surface area contributed by atoms with E-state index in [-0.39, 0.29) is 6.61 Å². The lowest BCUT2D eigenvalue weighted by molar-refractivity contribution is -0.131. The highest BCUT2D eigenvalue weighted by molar-refractivity contribution is 5.80. The highest BCUT2D eigenvalue weighted by Crippen LogP contribution is 2.19. The molecule has 5 heteroatoms. The zero-order valence-corrected chi connectivity index (χ0v) is 41.8. The molecule has 0 aromatic carbocycles. The van der Waals surface area contributed by atoms with Gasteiger partial charge in [-0.25, -0.2) is 0 Å². The molecule has 1 amide bonds. The number of unbranched alkanes of at least 4 members (excludes halogenated alkanes) is 45. The van der Waals surface area contributed by atoms with Crippen LogP contribution in [0.25, 0.3) is 0 Å². The van der Waals surface area contributed by atoms with Gasteiger partial charge in [0.1, 0.15) is 6.10 Å². The van der Waals surface area contributed by atoms with Gasteiger partial charge in [-0.2, -0.15) is 0 Å². The van der Waals surface area contributed by atoms with Gasteiger partial charge in [-0.05, 0) is 12.8 Å². The molecule has 0 fully saturated rings. The molecule has 0 rings (SSSR count). The second kappa shape index (κ2) is 52.0. The van der Waals surface area contributed by atoms with Crippen molar-refractivity contribution in [3.8, 4) is 0 Å². The first-order chi connectivity index (χ1) is 30.1. The zero-order valence-electron chi connectivity index (χ0n) is 41.8.